The third kappa shape index (κ3) is 4.43. The van der Waals surface area contributed by atoms with Crippen LogP contribution in [0.3, 0.4) is 0 Å². The van der Waals surface area contributed by atoms with Gasteiger partial charge in [0.25, 0.3) is 11.8 Å². The van der Waals surface area contributed by atoms with Crippen LogP contribution in [0.25, 0.3) is 4.85 Å². The minimum atomic E-state index is -1.00. The van der Waals surface area contributed by atoms with Gasteiger partial charge < -0.3 is 10.2 Å². The molecule has 0 radical (unpaired) electrons. The van der Waals surface area contributed by atoms with Gasteiger partial charge in [0.05, 0.1) is 22.0 Å². The molecule has 188 valence electrons. The molecule has 36 heavy (non-hydrogen) atoms. The molecule has 1 fully saturated rings. The highest BCUT2D eigenvalue weighted by atomic mass is 35.5. The van der Waals surface area contributed by atoms with Crippen molar-refractivity contribution in [1.29, 1.82) is 0 Å². The van der Waals surface area contributed by atoms with Crippen molar-refractivity contribution < 1.29 is 14.4 Å². The van der Waals surface area contributed by atoms with Gasteiger partial charge in [-0.1, -0.05) is 66.8 Å². The molecule has 0 aliphatic carbocycles. The lowest BCUT2D eigenvalue weighted by Gasteiger charge is -2.32. The maximum absolute atomic E-state index is 14.0. The van der Waals surface area contributed by atoms with Crippen LogP contribution in [0.2, 0.25) is 15.1 Å². The van der Waals surface area contributed by atoms with Gasteiger partial charge in [-0.3, -0.25) is 24.1 Å². The highest BCUT2D eigenvalue weighted by Gasteiger charge is 2.59. The van der Waals surface area contributed by atoms with Crippen LogP contribution >= 0.6 is 34.8 Å². The van der Waals surface area contributed by atoms with Gasteiger partial charge in [-0.05, 0) is 36.1 Å². The van der Waals surface area contributed by atoms with Gasteiger partial charge in [0, 0.05) is 24.3 Å². The third-order valence-corrected chi connectivity index (χ3v) is 7.69. The van der Waals surface area contributed by atoms with Crippen LogP contribution in [0.15, 0.2) is 36.4 Å². The van der Waals surface area contributed by atoms with E-state index in [4.69, 9.17) is 41.4 Å². The van der Waals surface area contributed by atoms with E-state index < -0.39 is 29.4 Å². The molecule has 2 aromatic carbocycles. The van der Waals surface area contributed by atoms with Crippen molar-refractivity contribution in [2.45, 2.75) is 44.3 Å². The fourth-order valence-electron chi connectivity index (χ4n) is 5.08. The molecule has 4 rings (SSSR count). The monoisotopic (exact) mass is 546 g/mol. The van der Waals surface area contributed by atoms with Gasteiger partial charge in [-0.2, -0.15) is 0 Å². The summed E-state index contributed by atoms with van der Waals surface area (Å²) in [7, 11) is 1.52. The molecule has 1 saturated heterocycles. The lowest BCUT2D eigenvalue weighted by atomic mass is 9.80. The number of carbonyl (C=O) groups is 3. The zero-order valence-electron chi connectivity index (χ0n) is 20.0. The third-order valence-electron chi connectivity index (χ3n) is 6.88. The second-order valence-corrected chi connectivity index (χ2v) is 10.9. The normalized spacial score (nSPS) is 21.3. The first kappa shape index (κ1) is 26.3. The molecule has 3 amide bonds. The number of hydrogen-bond acceptors (Lipinski definition) is 3. The molecule has 0 saturated carbocycles. The number of nitrogens with one attached hydrogen (secondary N) is 1. The first-order chi connectivity index (χ1) is 17.0. The smallest absolute Gasteiger partial charge is 0.302 e. The van der Waals surface area contributed by atoms with E-state index >= 15 is 0 Å². The molecular formula is C26H25Cl3N4O3. The number of amides is 3. The molecule has 0 bridgehead atoms. The maximum Gasteiger partial charge on any atom is 0.302 e. The SMILES string of the molecule is [C-]#[N+][C@@H]1C[C@@]2(CN1C(=O)[C@H](CC(C)C)N(C)C(=O)c1c(Cl)cc(Cl)cc1Cl)C(=O)Nc1ccccc12. The Morgan fingerprint density at radius 3 is 2.47 bits per heavy atom. The maximum atomic E-state index is 14.0. The summed E-state index contributed by atoms with van der Waals surface area (Å²) in [6.07, 6.45) is -0.303. The van der Waals surface area contributed by atoms with Crippen molar-refractivity contribution in [3.8, 4) is 0 Å². The van der Waals surface area contributed by atoms with Crippen LogP contribution in [0.4, 0.5) is 5.69 Å². The zero-order chi connectivity index (χ0) is 26.4. The number of hydrogen-bond donors (Lipinski definition) is 1. The van der Waals surface area contributed by atoms with Crippen LogP contribution < -0.4 is 5.32 Å². The number of anilines is 1. The predicted octanol–water partition coefficient (Wildman–Crippen LogP) is 5.50. The second-order valence-electron chi connectivity index (χ2n) is 9.67. The Bertz CT molecular complexity index is 1270. The molecule has 0 unspecified atom stereocenters. The van der Waals surface area contributed by atoms with Crippen LogP contribution in [0.1, 0.15) is 42.6 Å². The Kier molecular flexibility index (Phi) is 7.25. The van der Waals surface area contributed by atoms with E-state index in [9.17, 15) is 14.4 Å². The summed E-state index contributed by atoms with van der Waals surface area (Å²) in [5.41, 5.74) is 0.521. The Balaban J connectivity index is 1.68. The topological polar surface area (TPSA) is 74.1 Å². The van der Waals surface area contributed by atoms with Gasteiger partial charge in [0.15, 0.2) is 0 Å². The van der Waals surface area contributed by atoms with E-state index in [1.54, 1.807) is 0 Å². The minimum Gasteiger partial charge on any atom is -0.330 e. The molecule has 2 aliphatic rings. The zero-order valence-corrected chi connectivity index (χ0v) is 22.3. The highest BCUT2D eigenvalue weighted by Crippen LogP contribution is 2.47. The number of likely N-dealkylation sites (N-methyl/N-ethyl adjacent to an activating group) is 1. The van der Waals surface area contributed by atoms with E-state index in [0.29, 0.717) is 12.1 Å². The van der Waals surface area contributed by atoms with E-state index in [1.807, 2.05) is 38.1 Å². The second kappa shape index (κ2) is 9.93. The molecular weight excluding hydrogens is 523 g/mol. The van der Waals surface area contributed by atoms with Crippen molar-refractivity contribution in [2.24, 2.45) is 5.92 Å². The Morgan fingerprint density at radius 2 is 1.86 bits per heavy atom. The first-order valence-electron chi connectivity index (χ1n) is 11.5. The Hall–Kier alpha value is -2.79. The van der Waals surface area contributed by atoms with Gasteiger partial charge in [0.1, 0.15) is 11.5 Å². The largest absolute Gasteiger partial charge is 0.330 e. The number of rotatable bonds is 5. The van der Waals surface area contributed by atoms with Crippen molar-refractivity contribution in [1.82, 2.24) is 9.80 Å². The summed E-state index contributed by atoms with van der Waals surface area (Å²) in [4.78, 5) is 47.0. The average molecular weight is 548 g/mol. The number of benzene rings is 2. The molecule has 1 spiro atoms. The Labute approximate surface area is 225 Å². The molecule has 7 nitrogen and oxygen atoms in total. The first-order valence-corrected chi connectivity index (χ1v) is 12.6. The molecule has 2 aliphatic heterocycles. The quantitative estimate of drug-likeness (QED) is 0.502. The lowest BCUT2D eigenvalue weighted by Crippen LogP contribution is -2.51. The minimum absolute atomic E-state index is 0.0514. The van der Waals surface area contributed by atoms with E-state index in [2.05, 4.69) is 10.2 Å². The van der Waals surface area contributed by atoms with Crippen molar-refractivity contribution in [2.75, 3.05) is 18.9 Å². The molecule has 2 aromatic rings. The van der Waals surface area contributed by atoms with Gasteiger partial charge in [0.2, 0.25) is 5.91 Å². The van der Waals surface area contributed by atoms with Crippen LogP contribution in [0.5, 0.6) is 0 Å². The summed E-state index contributed by atoms with van der Waals surface area (Å²) in [5.74, 6) is -1.09. The summed E-state index contributed by atoms with van der Waals surface area (Å²) in [6, 6.07) is 9.29. The van der Waals surface area contributed by atoms with Gasteiger partial charge in [-0.15, -0.1) is 0 Å². The van der Waals surface area contributed by atoms with Crippen LogP contribution in [0, 0.1) is 12.5 Å². The number of halogens is 3. The summed E-state index contributed by atoms with van der Waals surface area (Å²) >= 11 is 18.6. The number of carbonyl (C=O) groups excluding carboxylic acids is 3. The highest BCUT2D eigenvalue weighted by molar-refractivity contribution is 6.42. The van der Waals surface area contributed by atoms with Crippen molar-refractivity contribution >= 4 is 58.2 Å². The average Bonchev–Trinajstić information content (AvgIpc) is 3.34. The predicted molar refractivity (Wildman–Crippen MR) is 140 cm³/mol. The molecule has 3 atom stereocenters. The number of nitrogens with zero attached hydrogens (tertiary/aromatic N) is 3. The van der Waals surface area contributed by atoms with E-state index in [-0.39, 0.29) is 45.4 Å². The molecule has 0 aromatic heterocycles. The Morgan fingerprint density at radius 1 is 1.22 bits per heavy atom. The molecule has 2 heterocycles. The van der Waals surface area contributed by atoms with Crippen LogP contribution in [-0.4, -0.2) is 53.3 Å². The molecule has 10 heteroatoms. The molecule has 1 N–H and O–H groups in total. The lowest BCUT2D eigenvalue weighted by molar-refractivity contribution is -0.136. The fourth-order valence-corrected chi connectivity index (χ4v) is 6.06. The number of likely N-dealkylation sites (tertiary alicyclic amines) is 1. The standard InChI is InChI=1S/C26H25Cl3N4O3/c1-14(2)9-20(32(4)24(35)22-17(28)10-15(27)11-18(22)29)23(34)33-13-26(12-21(33)30-3)16-7-5-6-8-19(16)31-25(26)36/h5-8,10-11,14,20-21H,9,12-13H2,1-2,4H3,(H,31,36)/t20-,21-,26-/m0/s1. The number of para-hydroxylation sites is 1. The van der Waals surface area contributed by atoms with E-state index in [1.165, 1.54) is 29.0 Å². The fraction of sp³-hybridized carbons (Fsp3) is 0.385. The summed E-state index contributed by atoms with van der Waals surface area (Å²) < 4.78 is 0. The van der Waals surface area contributed by atoms with E-state index in [0.717, 1.165) is 5.56 Å². The summed E-state index contributed by atoms with van der Waals surface area (Å²) in [5, 5.41) is 3.34. The van der Waals surface area contributed by atoms with Crippen molar-refractivity contribution in [3.63, 3.8) is 0 Å². The van der Waals surface area contributed by atoms with Crippen molar-refractivity contribution in [3.05, 3.63) is 74.0 Å². The van der Waals surface area contributed by atoms with Gasteiger partial charge >= 0.3 is 6.17 Å². The summed E-state index contributed by atoms with van der Waals surface area (Å²) in [6.45, 7) is 11.7. The van der Waals surface area contributed by atoms with Gasteiger partial charge in [-0.25, -0.2) is 6.57 Å². The van der Waals surface area contributed by atoms with Crippen LogP contribution in [-0.2, 0) is 15.0 Å². The number of fused-ring (bicyclic) bond motifs is 2.